The predicted molar refractivity (Wildman–Crippen MR) is 84.3 cm³/mol. The Bertz CT molecular complexity index is 615. The van der Waals surface area contributed by atoms with Crippen LogP contribution in [0.25, 0.3) is 0 Å². The first kappa shape index (κ1) is 17.3. The monoisotopic (exact) mass is 347 g/mol. The number of likely N-dealkylation sites (tertiary alicyclic amines) is 1. The highest BCUT2D eigenvalue weighted by atomic mass is 32.2. The Labute approximate surface area is 134 Å². The summed E-state index contributed by atoms with van der Waals surface area (Å²) in [6.45, 7) is 1.27. The Kier molecular flexibility index (Phi) is 5.90. The van der Waals surface area contributed by atoms with Gasteiger partial charge in [-0.25, -0.2) is 18.1 Å². The molecule has 0 spiro atoms. The van der Waals surface area contributed by atoms with E-state index in [0.717, 1.165) is 30.5 Å². The van der Waals surface area contributed by atoms with E-state index in [2.05, 4.69) is 9.71 Å². The number of piperidine rings is 1. The number of hydrogen-bond acceptors (Lipinski definition) is 6. The van der Waals surface area contributed by atoms with Crippen molar-refractivity contribution >= 4 is 27.3 Å². The van der Waals surface area contributed by atoms with Gasteiger partial charge in [0.1, 0.15) is 10.7 Å². The normalized spacial score (nSPS) is 19.4. The van der Waals surface area contributed by atoms with Crippen molar-refractivity contribution in [2.24, 2.45) is 0 Å². The first-order chi connectivity index (χ1) is 10.4. The number of amides is 1. The third kappa shape index (κ3) is 4.73. The lowest BCUT2D eigenvalue weighted by atomic mass is 10.0. The molecule has 1 amide bonds. The highest BCUT2D eigenvalue weighted by molar-refractivity contribution is 7.88. The first-order valence-electron chi connectivity index (χ1n) is 7.09. The van der Waals surface area contributed by atoms with E-state index in [-0.39, 0.29) is 18.5 Å². The summed E-state index contributed by atoms with van der Waals surface area (Å²) in [5, 5.41) is 2.49. The average molecular weight is 347 g/mol. The Morgan fingerprint density at radius 1 is 1.55 bits per heavy atom. The molecule has 0 bridgehead atoms. The number of carbonyl (C=O) groups excluding carboxylic acids is 1. The smallest absolute Gasteiger partial charge is 0.273 e. The van der Waals surface area contributed by atoms with Gasteiger partial charge in [0.15, 0.2) is 0 Å². The number of carbonyl (C=O) groups is 1. The van der Waals surface area contributed by atoms with Crippen molar-refractivity contribution in [2.75, 3.05) is 26.5 Å². The third-order valence-electron chi connectivity index (χ3n) is 3.51. The molecule has 1 N–H and O–H groups in total. The van der Waals surface area contributed by atoms with E-state index in [0.29, 0.717) is 18.8 Å². The molecule has 0 radical (unpaired) electrons. The standard InChI is InChI=1S/C13H21N3O4S2/c1-20-8-12-15-11(9-21-12)13(17)16-6-4-3-5-10(16)7-14-22(2,18)19/h9-10,14H,3-8H2,1-2H3. The molecule has 2 heterocycles. The molecule has 1 aromatic rings. The van der Waals surface area contributed by atoms with E-state index in [9.17, 15) is 13.2 Å². The van der Waals surface area contributed by atoms with E-state index < -0.39 is 10.0 Å². The number of rotatable bonds is 6. The Balaban J connectivity index is 2.06. The van der Waals surface area contributed by atoms with Crippen molar-refractivity contribution in [2.45, 2.75) is 31.9 Å². The van der Waals surface area contributed by atoms with Gasteiger partial charge in [0.05, 0.1) is 12.9 Å². The summed E-state index contributed by atoms with van der Waals surface area (Å²) in [6, 6.07) is -0.122. The van der Waals surface area contributed by atoms with Gasteiger partial charge in [-0.15, -0.1) is 11.3 Å². The molecular formula is C13H21N3O4S2. The Hall–Kier alpha value is -1.03. The Morgan fingerprint density at radius 2 is 2.32 bits per heavy atom. The number of aromatic nitrogens is 1. The fourth-order valence-electron chi connectivity index (χ4n) is 2.47. The van der Waals surface area contributed by atoms with Crippen LogP contribution in [0.15, 0.2) is 5.38 Å². The molecule has 1 aliphatic rings. The minimum absolute atomic E-state index is 0.122. The van der Waals surface area contributed by atoms with Crippen molar-refractivity contribution in [3.8, 4) is 0 Å². The predicted octanol–water partition coefficient (Wildman–Crippen LogP) is 0.833. The molecule has 1 aliphatic heterocycles. The van der Waals surface area contributed by atoms with E-state index in [1.54, 1.807) is 17.4 Å². The van der Waals surface area contributed by atoms with Crippen LogP contribution in [0, 0.1) is 0 Å². The number of hydrogen-bond donors (Lipinski definition) is 1. The molecule has 124 valence electrons. The van der Waals surface area contributed by atoms with Gasteiger partial charge < -0.3 is 9.64 Å². The summed E-state index contributed by atoms with van der Waals surface area (Å²) in [4.78, 5) is 18.6. The van der Waals surface area contributed by atoms with Crippen LogP contribution in [0.3, 0.4) is 0 Å². The van der Waals surface area contributed by atoms with Crippen LogP contribution < -0.4 is 4.72 Å². The summed E-state index contributed by atoms with van der Waals surface area (Å²) >= 11 is 1.39. The molecule has 7 nitrogen and oxygen atoms in total. The fraction of sp³-hybridized carbons (Fsp3) is 0.692. The van der Waals surface area contributed by atoms with Gasteiger partial charge in [-0.3, -0.25) is 4.79 Å². The molecule has 1 atom stereocenters. The zero-order chi connectivity index (χ0) is 16.2. The number of sulfonamides is 1. The number of nitrogens with one attached hydrogen (secondary N) is 1. The highest BCUT2D eigenvalue weighted by Crippen LogP contribution is 2.20. The lowest BCUT2D eigenvalue weighted by Gasteiger charge is -2.35. The van der Waals surface area contributed by atoms with Crippen LogP contribution in [-0.4, -0.2) is 56.7 Å². The third-order valence-corrected chi connectivity index (χ3v) is 5.02. The maximum Gasteiger partial charge on any atom is 0.273 e. The van der Waals surface area contributed by atoms with Gasteiger partial charge in [-0.05, 0) is 19.3 Å². The van der Waals surface area contributed by atoms with Crippen LogP contribution in [0.4, 0.5) is 0 Å². The Morgan fingerprint density at radius 3 is 3.00 bits per heavy atom. The van der Waals surface area contributed by atoms with Gasteiger partial charge >= 0.3 is 0 Å². The zero-order valence-electron chi connectivity index (χ0n) is 12.7. The second-order valence-electron chi connectivity index (χ2n) is 5.33. The lowest BCUT2D eigenvalue weighted by Crippen LogP contribution is -2.49. The van der Waals surface area contributed by atoms with Gasteiger partial charge in [0.2, 0.25) is 10.0 Å². The molecule has 1 saturated heterocycles. The SMILES string of the molecule is COCc1nc(C(=O)N2CCCCC2CNS(C)(=O)=O)cs1. The molecule has 2 rings (SSSR count). The molecule has 22 heavy (non-hydrogen) atoms. The summed E-state index contributed by atoms with van der Waals surface area (Å²) in [7, 11) is -1.67. The second-order valence-corrected chi connectivity index (χ2v) is 8.10. The van der Waals surface area contributed by atoms with Crippen molar-refractivity contribution in [3.05, 3.63) is 16.1 Å². The molecular weight excluding hydrogens is 326 g/mol. The van der Waals surface area contributed by atoms with E-state index in [1.165, 1.54) is 11.3 Å². The summed E-state index contributed by atoms with van der Waals surface area (Å²) in [5.74, 6) is -0.140. The number of methoxy groups -OCH3 is 1. The minimum Gasteiger partial charge on any atom is -0.378 e. The van der Waals surface area contributed by atoms with Crippen LogP contribution in [0.2, 0.25) is 0 Å². The van der Waals surface area contributed by atoms with Gasteiger partial charge in [-0.2, -0.15) is 0 Å². The summed E-state index contributed by atoms with van der Waals surface area (Å²) in [5.41, 5.74) is 0.406. The van der Waals surface area contributed by atoms with Gasteiger partial charge in [0.25, 0.3) is 5.91 Å². The van der Waals surface area contributed by atoms with Crippen molar-refractivity contribution < 1.29 is 17.9 Å². The maximum absolute atomic E-state index is 12.6. The van der Waals surface area contributed by atoms with Crippen molar-refractivity contribution in [3.63, 3.8) is 0 Å². The summed E-state index contributed by atoms with van der Waals surface area (Å²) < 4.78 is 30.0. The molecule has 1 fully saturated rings. The van der Waals surface area contributed by atoms with Crippen LogP contribution in [-0.2, 0) is 21.4 Å². The van der Waals surface area contributed by atoms with Crippen LogP contribution >= 0.6 is 11.3 Å². The topological polar surface area (TPSA) is 88.6 Å². The number of nitrogens with zero attached hydrogens (tertiary/aromatic N) is 2. The largest absolute Gasteiger partial charge is 0.378 e. The molecule has 1 aromatic heterocycles. The molecule has 1 unspecified atom stereocenters. The fourth-order valence-corrected chi connectivity index (χ4v) is 3.71. The first-order valence-corrected chi connectivity index (χ1v) is 9.87. The number of thiazole rings is 1. The van der Waals surface area contributed by atoms with Crippen molar-refractivity contribution in [1.82, 2.24) is 14.6 Å². The average Bonchev–Trinajstić information content (AvgIpc) is 2.93. The molecule has 0 aromatic carbocycles. The van der Waals surface area contributed by atoms with Gasteiger partial charge in [-0.1, -0.05) is 0 Å². The highest BCUT2D eigenvalue weighted by Gasteiger charge is 2.29. The van der Waals surface area contributed by atoms with Crippen LogP contribution in [0.5, 0.6) is 0 Å². The minimum atomic E-state index is -3.26. The molecule has 9 heteroatoms. The molecule has 0 aliphatic carbocycles. The quantitative estimate of drug-likeness (QED) is 0.823. The van der Waals surface area contributed by atoms with E-state index >= 15 is 0 Å². The van der Waals surface area contributed by atoms with Crippen LogP contribution in [0.1, 0.15) is 34.8 Å². The number of ether oxygens (including phenoxy) is 1. The summed E-state index contributed by atoms with van der Waals surface area (Å²) in [6.07, 6.45) is 3.84. The molecule has 0 saturated carbocycles. The van der Waals surface area contributed by atoms with E-state index in [1.807, 2.05) is 0 Å². The maximum atomic E-state index is 12.6. The van der Waals surface area contributed by atoms with Crippen molar-refractivity contribution in [1.29, 1.82) is 0 Å². The second kappa shape index (κ2) is 7.49. The van der Waals surface area contributed by atoms with Gasteiger partial charge in [0, 0.05) is 31.6 Å². The van der Waals surface area contributed by atoms with E-state index in [4.69, 9.17) is 4.74 Å². The lowest BCUT2D eigenvalue weighted by molar-refractivity contribution is 0.0613. The zero-order valence-corrected chi connectivity index (χ0v) is 14.4.